The predicted octanol–water partition coefficient (Wildman–Crippen LogP) is 3.39. The molecule has 4 rings (SSSR count). The molecule has 0 atom stereocenters. The van der Waals surface area contributed by atoms with Gasteiger partial charge < -0.3 is 10.3 Å². The molecular weight excluding hydrogens is 350 g/mol. The summed E-state index contributed by atoms with van der Waals surface area (Å²) in [6, 6.07) is 15.3. The van der Waals surface area contributed by atoms with E-state index in [1.807, 2.05) is 36.4 Å². The van der Waals surface area contributed by atoms with Gasteiger partial charge in [0.25, 0.3) is 5.91 Å². The number of aromatic nitrogens is 4. The van der Waals surface area contributed by atoms with Crippen LogP contribution >= 0.6 is 11.6 Å². The van der Waals surface area contributed by atoms with Gasteiger partial charge in [-0.3, -0.25) is 4.79 Å². The number of hydrogen-bond donors (Lipinski definition) is 2. The normalized spacial score (nSPS) is 11.0. The number of hydrogen-bond acceptors (Lipinski definition) is 3. The van der Waals surface area contributed by atoms with Crippen LogP contribution in [0.5, 0.6) is 0 Å². The van der Waals surface area contributed by atoms with E-state index in [4.69, 9.17) is 11.6 Å². The van der Waals surface area contributed by atoms with Crippen molar-refractivity contribution in [3.05, 3.63) is 83.0 Å². The van der Waals surface area contributed by atoms with E-state index in [9.17, 15) is 4.79 Å². The van der Waals surface area contributed by atoms with Gasteiger partial charge in [0.15, 0.2) is 0 Å². The second-order valence-electron chi connectivity index (χ2n) is 6.01. The van der Waals surface area contributed by atoms with Gasteiger partial charge >= 0.3 is 0 Å². The Morgan fingerprint density at radius 2 is 1.92 bits per heavy atom. The summed E-state index contributed by atoms with van der Waals surface area (Å²) in [5.74, 6) is -0.149. The van der Waals surface area contributed by atoms with Gasteiger partial charge in [0.05, 0.1) is 6.54 Å². The zero-order valence-corrected chi connectivity index (χ0v) is 14.6. The highest BCUT2D eigenvalue weighted by atomic mass is 35.5. The summed E-state index contributed by atoms with van der Waals surface area (Å²) < 4.78 is 1.76. The van der Waals surface area contributed by atoms with Gasteiger partial charge in [0.2, 0.25) is 0 Å². The molecule has 1 amide bonds. The van der Waals surface area contributed by atoms with Crippen molar-refractivity contribution in [1.82, 2.24) is 25.1 Å². The molecular formula is C19H16ClN5O. The maximum Gasteiger partial charge on any atom is 0.267 e. The third-order valence-corrected chi connectivity index (χ3v) is 4.35. The van der Waals surface area contributed by atoms with Crippen LogP contribution in [-0.4, -0.2) is 25.7 Å². The smallest absolute Gasteiger partial charge is 0.267 e. The highest BCUT2D eigenvalue weighted by molar-refractivity contribution is 6.31. The molecule has 0 bridgehead atoms. The minimum absolute atomic E-state index is 0.149. The Labute approximate surface area is 154 Å². The summed E-state index contributed by atoms with van der Waals surface area (Å²) in [5.41, 5.74) is 3.56. The number of halogens is 1. The fourth-order valence-corrected chi connectivity index (χ4v) is 2.95. The van der Waals surface area contributed by atoms with Crippen molar-refractivity contribution in [2.45, 2.75) is 13.1 Å². The molecule has 130 valence electrons. The molecule has 0 saturated heterocycles. The molecule has 0 unspecified atom stereocenters. The molecule has 2 aromatic heterocycles. The van der Waals surface area contributed by atoms with Gasteiger partial charge in [-0.1, -0.05) is 35.9 Å². The van der Waals surface area contributed by atoms with Crippen molar-refractivity contribution in [3.8, 4) is 0 Å². The number of rotatable bonds is 5. The van der Waals surface area contributed by atoms with Crippen LogP contribution in [0.3, 0.4) is 0 Å². The molecule has 0 aliphatic rings. The molecule has 6 nitrogen and oxygen atoms in total. The van der Waals surface area contributed by atoms with Gasteiger partial charge in [-0.05, 0) is 35.4 Å². The van der Waals surface area contributed by atoms with Gasteiger partial charge in [-0.25, -0.2) is 9.67 Å². The summed E-state index contributed by atoms with van der Waals surface area (Å²) in [6.07, 6.45) is 3.20. The summed E-state index contributed by atoms with van der Waals surface area (Å²) in [6.45, 7) is 1.13. The Morgan fingerprint density at radius 1 is 1.12 bits per heavy atom. The number of nitrogens with zero attached hydrogens (tertiary/aromatic N) is 3. The predicted molar refractivity (Wildman–Crippen MR) is 100 cm³/mol. The SMILES string of the molecule is O=C(NCc1ccc(Cn2cncn2)cc1)c1cc2cc(Cl)ccc2[nH]1. The largest absolute Gasteiger partial charge is 0.351 e. The number of carbonyl (C=O) groups excluding carboxylic acids is 1. The molecule has 0 fully saturated rings. The minimum atomic E-state index is -0.149. The molecule has 2 N–H and O–H groups in total. The van der Waals surface area contributed by atoms with E-state index in [0.717, 1.165) is 22.0 Å². The number of fused-ring (bicyclic) bond motifs is 1. The maximum atomic E-state index is 12.4. The Kier molecular flexibility index (Phi) is 4.41. The number of nitrogens with one attached hydrogen (secondary N) is 2. The zero-order chi connectivity index (χ0) is 17.9. The van der Waals surface area contributed by atoms with Crippen LogP contribution in [0.25, 0.3) is 10.9 Å². The lowest BCUT2D eigenvalue weighted by atomic mass is 10.1. The molecule has 0 saturated carbocycles. The Morgan fingerprint density at radius 3 is 2.69 bits per heavy atom. The summed E-state index contributed by atoms with van der Waals surface area (Å²) in [4.78, 5) is 19.4. The molecule has 7 heteroatoms. The first kappa shape index (κ1) is 16.4. The van der Waals surface area contributed by atoms with Crippen LogP contribution < -0.4 is 5.32 Å². The van der Waals surface area contributed by atoms with Crippen molar-refractivity contribution in [3.63, 3.8) is 0 Å². The molecule has 0 radical (unpaired) electrons. The first-order chi connectivity index (χ1) is 12.7. The van der Waals surface area contributed by atoms with Crippen LogP contribution in [0.15, 0.2) is 61.2 Å². The number of amides is 1. The third kappa shape index (κ3) is 3.60. The summed E-state index contributed by atoms with van der Waals surface area (Å²) in [5, 5.41) is 8.58. The van der Waals surface area contributed by atoms with E-state index < -0.39 is 0 Å². The number of carbonyl (C=O) groups is 1. The molecule has 4 aromatic rings. The lowest BCUT2D eigenvalue weighted by molar-refractivity contribution is 0.0947. The number of benzene rings is 2. The fraction of sp³-hybridized carbons (Fsp3) is 0.105. The van der Waals surface area contributed by atoms with Crippen LogP contribution in [0, 0.1) is 0 Å². The molecule has 26 heavy (non-hydrogen) atoms. The molecule has 2 aromatic carbocycles. The van der Waals surface area contributed by atoms with Crippen LogP contribution in [0.4, 0.5) is 0 Å². The topological polar surface area (TPSA) is 75.6 Å². The van der Waals surface area contributed by atoms with E-state index >= 15 is 0 Å². The van der Waals surface area contributed by atoms with E-state index in [2.05, 4.69) is 20.4 Å². The minimum Gasteiger partial charge on any atom is -0.351 e. The van der Waals surface area contributed by atoms with Crippen LogP contribution in [-0.2, 0) is 13.1 Å². The van der Waals surface area contributed by atoms with E-state index in [-0.39, 0.29) is 5.91 Å². The summed E-state index contributed by atoms with van der Waals surface area (Å²) in [7, 11) is 0. The summed E-state index contributed by atoms with van der Waals surface area (Å²) >= 11 is 5.98. The van der Waals surface area contributed by atoms with Crippen molar-refractivity contribution in [2.24, 2.45) is 0 Å². The Hall–Kier alpha value is -3.12. The maximum absolute atomic E-state index is 12.4. The second-order valence-corrected chi connectivity index (χ2v) is 6.44. The van der Waals surface area contributed by atoms with Crippen molar-refractivity contribution >= 4 is 28.4 Å². The Balaban J connectivity index is 1.38. The third-order valence-electron chi connectivity index (χ3n) is 4.11. The molecule has 2 heterocycles. The average Bonchev–Trinajstić information content (AvgIpc) is 3.30. The zero-order valence-electron chi connectivity index (χ0n) is 13.8. The van der Waals surface area contributed by atoms with Gasteiger partial charge in [-0.15, -0.1) is 0 Å². The monoisotopic (exact) mass is 365 g/mol. The number of aromatic amines is 1. The van der Waals surface area contributed by atoms with E-state index in [1.165, 1.54) is 6.33 Å². The molecule has 0 spiro atoms. The second kappa shape index (κ2) is 7.01. The van der Waals surface area contributed by atoms with Crippen molar-refractivity contribution in [1.29, 1.82) is 0 Å². The highest BCUT2D eigenvalue weighted by Gasteiger charge is 2.09. The average molecular weight is 366 g/mol. The molecule has 0 aliphatic carbocycles. The van der Waals surface area contributed by atoms with Gasteiger partial charge in [0, 0.05) is 22.5 Å². The first-order valence-corrected chi connectivity index (χ1v) is 8.52. The lowest BCUT2D eigenvalue weighted by Crippen LogP contribution is -2.23. The Bertz CT molecular complexity index is 1040. The standard InChI is InChI=1S/C19H16ClN5O/c20-16-5-6-17-15(7-16)8-18(24-17)19(26)22-9-13-1-3-14(4-2-13)10-25-12-21-11-23-25/h1-8,11-12,24H,9-10H2,(H,22,26). The van der Waals surface area contributed by atoms with Crippen LogP contribution in [0.2, 0.25) is 5.02 Å². The van der Waals surface area contributed by atoms with Gasteiger partial charge in [0.1, 0.15) is 18.3 Å². The van der Waals surface area contributed by atoms with Gasteiger partial charge in [-0.2, -0.15) is 5.10 Å². The first-order valence-electron chi connectivity index (χ1n) is 8.14. The quantitative estimate of drug-likeness (QED) is 0.569. The number of H-pyrrole nitrogens is 1. The van der Waals surface area contributed by atoms with E-state index in [0.29, 0.717) is 23.8 Å². The van der Waals surface area contributed by atoms with E-state index in [1.54, 1.807) is 23.1 Å². The lowest BCUT2D eigenvalue weighted by Gasteiger charge is -2.06. The fourth-order valence-electron chi connectivity index (χ4n) is 2.77. The molecule has 0 aliphatic heterocycles. The highest BCUT2D eigenvalue weighted by Crippen LogP contribution is 2.20. The van der Waals surface area contributed by atoms with Crippen LogP contribution in [0.1, 0.15) is 21.6 Å². The van der Waals surface area contributed by atoms with Crippen molar-refractivity contribution in [2.75, 3.05) is 0 Å². The van der Waals surface area contributed by atoms with Crippen molar-refractivity contribution < 1.29 is 4.79 Å².